The van der Waals surface area contributed by atoms with E-state index in [9.17, 15) is 0 Å². The maximum atomic E-state index is 5.60. The van der Waals surface area contributed by atoms with Crippen LogP contribution in [-0.4, -0.2) is 13.1 Å². The standard InChI is InChI=1S/C12H18N2/c1-4-14(5-2)12-8-6-11(7-9-12)10(3)13/h6-9H,3-5,13H2,1-2H3. The molecule has 1 aromatic rings. The summed E-state index contributed by atoms with van der Waals surface area (Å²) in [6.07, 6.45) is 0. The van der Waals surface area contributed by atoms with Gasteiger partial charge in [0.25, 0.3) is 0 Å². The van der Waals surface area contributed by atoms with E-state index in [-0.39, 0.29) is 0 Å². The lowest BCUT2D eigenvalue weighted by molar-refractivity contribution is 0.866. The summed E-state index contributed by atoms with van der Waals surface area (Å²) in [5.41, 5.74) is 8.46. The number of anilines is 1. The lowest BCUT2D eigenvalue weighted by Gasteiger charge is -2.21. The summed E-state index contributed by atoms with van der Waals surface area (Å²) in [7, 11) is 0. The van der Waals surface area contributed by atoms with E-state index in [1.54, 1.807) is 0 Å². The average molecular weight is 190 g/mol. The minimum atomic E-state index is 0.621. The second kappa shape index (κ2) is 4.70. The van der Waals surface area contributed by atoms with Gasteiger partial charge in [0, 0.05) is 24.5 Å². The molecule has 0 radical (unpaired) electrons. The smallest absolute Gasteiger partial charge is 0.0366 e. The topological polar surface area (TPSA) is 29.3 Å². The van der Waals surface area contributed by atoms with E-state index in [4.69, 9.17) is 5.73 Å². The first-order valence-electron chi connectivity index (χ1n) is 4.98. The van der Waals surface area contributed by atoms with Crippen LogP contribution < -0.4 is 10.6 Å². The van der Waals surface area contributed by atoms with E-state index in [0.717, 1.165) is 18.7 Å². The second-order valence-electron chi connectivity index (χ2n) is 3.24. The normalized spacial score (nSPS) is 9.86. The molecule has 0 spiro atoms. The second-order valence-corrected chi connectivity index (χ2v) is 3.24. The molecule has 2 nitrogen and oxygen atoms in total. The lowest BCUT2D eigenvalue weighted by atomic mass is 10.1. The molecule has 0 aliphatic heterocycles. The molecule has 0 fully saturated rings. The van der Waals surface area contributed by atoms with E-state index in [0.29, 0.717) is 5.70 Å². The highest BCUT2D eigenvalue weighted by molar-refractivity contribution is 5.63. The Morgan fingerprint density at radius 3 is 2.07 bits per heavy atom. The van der Waals surface area contributed by atoms with Crippen LogP contribution in [0.4, 0.5) is 5.69 Å². The third-order valence-electron chi connectivity index (χ3n) is 2.37. The predicted molar refractivity (Wildman–Crippen MR) is 63.2 cm³/mol. The van der Waals surface area contributed by atoms with Crippen LogP contribution in [0.15, 0.2) is 30.8 Å². The largest absolute Gasteiger partial charge is 0.399 e. The molecule has 0 aromatic heterocycles. The predicted octanol–water partition coefficient (Wildman–Crippen LogP) is 2.46. The first-order chi connectivity index (χ1) is 6.69. The number of hydrogen-bond donors (Lipinski definition) is 1. The van der Waals surface area contributed by atoms with Gasteiger partial charge in [0.15, 0.2) is 0 Å². The molecule has 0 saturated carbocycles. The average Bonchev–Trinajstić information content (AvgIpc) is 2.20. The first kappa shape index (κ1) is 10.6. The van der Waals surface area contributed by atoms with Crippen molar-refractivity contribution in [3.05, 3.63) is 36.4 Å². The maximum Gasteiger partial charge on any atom is 0.0366 e. The van der Waals surface area contributed by atoms with Gasteiger partial charge in [0.1, 0.15) is 0 Å². The summed E-state index contributed by atoms with van der Waals surface area (Å²) in [6.45, 7) is 10.1. The van der Waals surface area contributed by atoms with Crippen molar-refractivity contribution in [1.29, 1.82) is 0 Å². The van der Waals surface area contributed by atoms with Crippen molar-refractivity contribution < 1.29 is 0 Å². The van der Waals surface area contributed by atoms with E-state index >= 15 is 0 Å². The van der Waals surface area contributed by atoms with Gasteiger partial charge in [-0.1, -0.05) is 18.7 Å². The van der Waals surface area contributed by atoms with Crippen LogP contribution in [0, 0.1) is 0 Å². The number of benzene rings is 1. The van der Waals surface area contributed by atoms with Crippen LogP contribution in [0.5, 0.6) is 0 Å². The summed E-state index contributed by atoms with van der Waals surface area (Å²) >= 11 is 0. The molecule has 1 aromatic carbocycles. The van der Waals surface area contributed by atoms with Gasteiger partial charge in [0.05, 0.1) is 0 Å². The van der Waals surface area contributed by atoms with Crippen LogP contribution in [-0.2, 0) is 0 Å². The van der Waals surface area contributed by atoms with Crippen molar-refractivity contribution in [2.24, 2.45) is 5.73 Å². The van der Waals surface area contributed by atoms with Gasteiger partial charge < -0.3 is 10.6 Å². The molecule has 2 heteroatoms. The highest BCUT2D eigenvalue weighted by atomic mass is 15.1. The Hall–Kier alpha value is -1.44. The molecule has 0 saturated heterocycles. The Kier molecular flexibility index (Phi) is 3.57. The fourth-order valence-electron chi connectivity index (χ4n) is 1.48. The summed E-state index contributed by atoms with van der Waals surface area (Å²) in [5.74, 6) is 0. The SMILES string of the molecule is C=C(N)c1ccc(N(CC)CC)cc1. The van der Waals surface area contributed by atoms with Gasteiger partial charge in [-0.3, -0.25) is 0 Å². The molecule has 0 heterocycles. The summed E-state index contributed by atoms with van der Waals surface area (Å²) < 4.78 is 0. The van der Waals surface area contributed by atoms with Crippen LogP contribution in [0.25, 0.3) is 5.70 Å². The number of nitrogens with zero attached hydrogens (tertiary/aromatic N) is 1. The minimum absolute atomic E-state index is 0.621. The number of rotatable bonds is 4. The van der Waals surface area contributed by atoms with Crippen LogP contribution in [0.1, 0.15) is 19.4 Å². The summed E-state index contributed by atoms with van der Waals surface area (Å²) in [6, 6.07) is 8.19. The van der Waals surface area contributed by atoms with Crippen LogP contribution in [0.2, 0.25) is 0 Å². The highest BCUT2D eigenvalue weighted by Gasteiger charge is 2.01. The Morgan fingerprint density at radius 1 is 1.21 bits per heavy atom. The van der Waals surface area contributed by atoms with Crippen molar-refractivity contribution in [3.8, 4) is 0 Å². The quantitative estimate of drug-likeness (QED) is 0.790. The van der Waals surface area contributed by atoms with E-state index in [2.05, 4.69) is 37.5 Å². The van der Waals surface area contributed by atoms with Crippen molar-refractivity contribution in [2.75, 3.05) is 18.0 Å². The fraction of sp³-hybridized carbons (Fsp3) is 0.333. The summed E-state index contributed by atoms with van der Waals surface area (Å²) in [5, 5.41) is 0. The van der Waals surface area contributed by atoms with Gasteiger partial charge in [0.2, 0.25) is 0 Å². The van der Waals surface area contributed by atoms with E-state index < -0.39 is 0 Å². The zero-order valence-electron chi connectivity index (χ0n) is 8.96. The van der Waals surface area contributed by atoms with Gasteiger partial charge >= 0.3 is 0 Å². The first-order valence-corrected chi connectivity index (χ1v) is 4.98. The monoisotopic (exact) mass is 190 g/mol. The van der Waals surface area contributed by atoms with E-state index in [1.807, 2.05) is 12.1 Å². The molecule has 0 amide bonds. The molecule has 0 bridgehead atoms. The Bertz CT molecular complexity index is 297. The Balaban J connectivity index is 2.87. The molecule has 1 rings (SSSR count). The minimum Gasteiger partial charge on any atom is -0.399 e. The van der Waals surface area contributed by atoms with Crippen molar-refractivity contribution in [2.45, 2.75) is 13.8 Å². The molecule has 2 N–H and O–H groups in total. The molecule has 14 heavy (non-hydrogen) atoms. The molecular formula is C12H18N2. The number of hydrogen-bond acceptors (Lipinski definition) is 2. The molecular weight excluding hydrogens is 172 g/mol. The van der Waals surface area contributed by atoms with Gasteiger partial charge in [-0.15, -0.1) is 0 Å². The van der Waals surface area contributed by atoms with Gasteiger partial charge in [-0.25, -0.2) is 0 Å². The molecule has 0 aliphatic carbocycles. The zero-order chi connectivity index (χ0) is 10.6. The zero-order valence-corrected chi connectivity index (χ0v) is 8.96. The lowest BCUT2D eigenvalue weighted by Crippen LogP contribution is -2.21. The molecule has 0 atom stereocenters. The van der Waals surface area contributed by atoms with Gasteiger partial charge in [-0.05, 0) is 31.5 Å². The Labute approximate surface area is 86.0 Å². The van der Waals surface area contributed by atoms with Crippen LogP contribution in [0.3, 0.4) is 0 Å². The molecule has 0 unspecified atom stereocenters. The third kappa shape index (κ3) is 2.28. The fourth-order valence-corrected chi connectivity index (χ4v) is 1.48. The third-order valence-corrected chi connectivity index (χ3v) is 2.37. The maximum absolute atomic E-state index is 5.60. The van der Waals surface area contributed by atoms with E-state index in [1.165, 1.54) is 5.69 Å². The highest BCUT2D eigenvalue weighted by Crippen LogP contribution is 2.16. The number of nitrogens with two attached hydrogens (primary N) is 1. The summed E-state index contributed by atoms with van der Waals surface area (Å²) in [4.78, 5) is 2.29. The Morgan fingerprint density at radius 2 is 1.71 bits per heavy atom. The van der Waals surface area contributed by atoms with Gasteiger partial charge in [-0.2, -0.15) is 0 Å². The molecule has 0 aliphatic rings. The van der Waals surface area contributed by atoms with Crippen molar-refractivity contribution >= 4 is 11.4 Å². The molecule has 76 valence electrons. The van der Waals surface area contributed by atoms with Crippen LogP contribution >= 0.6 is 0 Å². The van der Waals surface area contributed by atoms with Crippen molar-refractivity contribution in [1.82, 2.24) is 0 Å². The van der Waals surface area contributed by atoms with Crippen molar-refractivity contribution in [3.63, 3.8) is 0 Å².